The van der Waals surface area contributed by atoms with Crippen molar-refractivity contribution >= 4 is 0 Å². The van der Waals surface area contributed by atoms with Gasteiger partial charge in [-0.25, -0.2) is 0 Å². The first-order chi connectivity index (χ1) is 8.81. The Kier molecular flexibility index (Phi) is 4.93. The highest BCUT2D eigenvalue weighted by Gasteiger charge is 2.31. The highest BCUT2D eigenvalue weighted by atomic mass is 16.5. The second-order valence-corrected chi connectivity index (χ2v) is 4.82. The van der Waals surface area contributed by atoms with Gasteiger partial charge in [-0.2, -0.15) is 0 Å². The Bertz CT molecular complexity index is 382. The summed E-state index contributed by atoms with van der Waals surface area (Å²) in [5.74, 6) is 0.425. The van der Waals surface area contributed by atoms with Gasteiger partial charge in [-0.05, 0) is 5.57 Å². The van der Waals surface area contributed by atoms with E-state index in [4.69, 9.17) is 10.5 Å². The number of hydrogen-bond acceptors (Lipinski definition) is 3. The van der Waals surface area contributed by atoms with Crippen molar-refractivity contribution in [3.8, 4) is 0 Å². The molecular weight excluding hydrogens is 224 g/mol. The first-order valence-corrected chi connectivity index (χ1v) is 6.49. The van der Waals surface area contributed by atoms with Crippen LogP contribution in [0.2, 0.25) is 0 Å². The summed E-state index contributed by atoms with van der Waals surface area (Å²) in [4.78, 5) is 2.38. The molecule has 0 amide bonds. The zero-order chi connectivity index (χ0) is 12.8. The van der Waals surface area contributed by atoms with Crippen LogP contribution in [-0.4, -0.2) is 44.3 Å². The van der Waals surface area contributed by atoms with Crippen LogP contribution in [-0.2, 0) is 4.74 Å². The molecule has 1 saturated heterocycles. The molecule has 0 unspecified atom stereocenters. The minimum atomic E-state index is 0.217. The van der Waals surface area contributed by atoms with Gasteiger partial charge < -0.3 is 10.5 Å². The number of methoxy groups -OCH3 is 1. The van der Waals surface area contributed by atoms with Gasteiger partial charge in [0.2, 0.25) is 0 Å². The fourth-order valence-electron chi connectivity index (χ4n) is 2.50. The van der Waals surface area contributed by atoms with E-state index >= 15 is 0 Å². The van der Waals surface area contributed by atoms with Crippen molar-refractivity contribution in [1.82, 2.24) is 4.90 Å². The summed E-state index contributed by atoms with van der Waals surface area (Å²) in [5.41, 5.74) is 7.58. The number of nitrogens with two attached hydrogens (primary N) is 1. The Morgan fingerprint density at radius 3 is 2.83 bits per heavy atom. The topological polar surface area (TPSA) is 38.5 Å². The average Bonchev–Trinajstić information content (AvgIpc) is 2.68. The van der Waals surface area contributed by atoms with E-state index in [2.05, 4.69) is 29.2 Å². The Morgan fingerprint density at radius 1 is 1.22 bits per heavy atom. The Morgan fingerprint density at radius 2 is 2.00 bits per heavy atom. The lowest BCUT2D eigenvalue weighted by molar-refractivity contribution is 0.159. The van der Waals surface area contributed by atoms with Crippen LogP contribution in [0.4, 0.5) is 0 Å². The molecule has 2 atom stereocenters. The number of nitrogens with zero attached hydrogens (tertiary/aromatic N) is 1. The largest absolute Gasteiger partial charge is 0.383 e. The molecule has 1 fully saturated rings. The molecule has 0 bridgehead atoms. The maximum Gasteiger partial charge on any atom is 0.0589 e. The van der Waals surface area contributed by atoms with Crippen molar-refractivity contribution in [2.24, 2.45) is 11.7 Å². The van der Waals surface area contributed by atoms with Crippen LogP contribution in [0.5, 0.6) is 0 Å². The zero-order valence-corrected chi connectivity index (χ0v) is 11.0. The summed E-state index contributed by atoms with van der Waals surface area (Å²) >= 11 is 0. The van der Waals surface area contributed by atoms with Gasteiger partial charge in [-0.3, -0.25) is 4.90 Å². The van der Waals surface area contributed by atoms with Crippen LogP contribution in [0.1, 0.15) is 0 Å². The summed E-state index contributed by atoms with van der Waals surface area (Å²) in [7, 11) is 1.74. The quantitative estimate of drug-likeness (QED) is 0.817. The summed E-state index contributed by atoms with van der Waals surface area (Å²) in [5, 5.41) is 0. The van der Waals surface area contributed by atoms with Crippen molar-refractivity contribution < 1.29 is 4.74 Å². The van der Waals surface area contributed by atoms with Gasteiger partial charge >= 0.3 is 0 Å². The number of likely N-dealkylation sites (tertiary alicyclic amines) is 1. The van der Waals surface area contributed by atoms with Crippen molar-refractivity contribution in [1.29, 1.82) is 0 Å². The van der Waals surface area contributed by atoms with Crippen molar-refractivity contribution in [3.63, 3.8) is 0 Å². The molecule has 0 radical (unpaired) electrons. The fourth-order valence-corrected chi connectivity index (χ4v) is 2.50. The van der Waals surface area contributed by atoms with Crippen molar-refractivity contribution in [3.05, 3.63) is 48.1 Å². The van der Waals surface area contributed by atoms with E-state index in [0.29, 0.717) is 5.92 Å². The zero-order valence-electron chi connectivity index (χ0n) is 11.0. The van der Waals surface area contributed by atoms with Gasteiger partial charge in [0.25, 0.3) is 0 Å². The predicted octanol–water partition coefficient (Wildman–Crippen LogP) is 1.50. The first kappa shape index (κ1) is 13.3. The minimum absolute atomic E-state index is 0.217. The molecule has 0 aromatic heterocycles. The van der Waals surface area contributed by atoms with Crippen LogP contribution in [0.15, 0.2) is 48.1 Å². The molecule has 18 heavy (non-hydrogen) atoms. The molecular formula is C15H22N2O. The molecule has 3 nitrogen and oxygen atoms in total. The van der Waals surface area contributed by atoms with Crippen LogP contribution in [0.3, 0.4) is 0 Å². The lowest BCUT2D eigenvalue weighted by Crippen LogP contribution is -2.31. The molecule has 0 aromatic rings. The second-order valence-electron chi connectivity index (χ2n) is 4.82. The lowest BCUT2D eigenvalue weighted by atomic mass is 9.93. The standard InChI is InChI=1S/C15H22N2O/c1-18-10-9-17-11-14(15(16)12-17)13-7-5-3-2-4-6-8-13/h2-8,14-15H,9-12,16H2,1H3/b3-2-,4-2?,5-3?,6-4-,7-5?,8-6?,13-7?,13-8?/t14-,15+/m0/s1. The van der Waals surface area contributed by atoms with Crippen LogP contribution in [0, 0.1) is 5.92 Å². The summed E-state index contributed by atoms with van der Waals surface area (Å²) in [6.07, 6.45) is 14.6. The normalized spacial score (nSPS) is 31.8. The van der Waals surface area contributed by atoms with Gasteiger partial charge in [0.1, 0.15) is 0 Å². The molecule has 1 aliphatic carbocycles. The number of allylic oxidation sites excluding steroid dienone is 7. The molecule has 2 aliphatic rings. The van der Waals surface area contributed by atoms with E-state index in [1.807, 2.05) is 18.2 Å². The predicted molar refractivity (Wildman–Crippen MR) is 75.3 cm³/mol. The number of hydrogen-bond donors (Lipinski definition) is 1. The van der Waals surface area contributed by atoms with Gasteiger partial charge in [0, 0.05) is 38.7 Å². The van der Waals surface area contributed by atoms with Crippen molar-refractivity contribution in [2.45, 2.75) is 6.04 Å². The second kappa shape index (κ2) is 6.69. The van der Waals surface area contributed by atoms with E-state index in [-0.39, 0.29) is 6.04 Å². The summed E-state index contributed by atoms with van der Waals surface area (Å²) in [6, 6.07) is 0.217. The molecule has 2 N–H and O–H groups in total. The van der Waals surface area contributed by atoms with E-state index in [1.165, 1.54) is 5.57 Å². The third kappa shape index (κ3) is 3.42. The molecule has 3 heteroatoms. The monoisotopic (exact) mass is 246 g/mol. The molecule has 1 aliphatic heterocycles. The molecule has 0 aromatic carbocycles. The first-order valence-electron chi connectivity index (χ1n) is 6.49. The van der Waals surface area contributed by atoms with E-state index < -0.39 is 0 Å². The maximum absolute atomic E-state index is 6.26. The summed E-state index contributed by atoms with van der Waals surface area (Å²) in [6.45, 7) is 3.72. The molecule has 0 saturated carbocycles. The van der Waals surface area contributed by atoms with E-state index in [0.717, 1.165) is 26.2 Å². The molecule has 2 rings (SSSR count). The van der Waals surface area contributed by atoms with E-state index in [9.17, 15) is 0 Å². The summed E-state index contributed by atoms with van der Waals surface area (Å²) < 4.78 is 5.12. The maximum atomic E-state index is 6.26. The molecule has 98 valence electrons. The number of ether oxygens (including phenoxy) is 1. The number of rotatable bonds is 4. The molecule has 0 spiro atoms. The smallest absolute Gasteiger partial charge is 0.0589 e. The van der Waals surface area contributed by atoms with Crippen molar-refractivity contribution in [2.75, 3.05) is 33.4 Å². The van der Waals surface area contributed by atoms with Gasteiger partial charge in [-0.15, -0.1) is 0 Å². The van der Waals surface area contributed by atoms with Gasteiger partial charge in [0.15, 0.2) is 0 Å². The lowest BCUT2D eigenvalue weighted by Gasteiger charge is -2.16. The Hall–Kier alpha value is -1.16. The third-order valence-corrected chi connectivity index (χ3v) is 3.50. The highest BCUT2D eigenvalue weighted by Crippen LogP contribution is 2.24. The third-order valence-electron chi connectivity index (χ3n) is 3.50. The van der Waals surface area contributed by atoms with Crippen LogP contribution >= 0.6 is 0 Å². The average molecular weight is 246 g/mol. The fraction of sp³-hybridized carbons (Fsp3) is 0.467. The van der Waals surface area contributed by atoms with Gasteiger partial charge in [0.05, 0.1) is 6.61 Å². The Labute approximate surface area is 109 Å². The molecule has 1 heterocycles. The minimum Gasteiger partial charge on any atom is -0.383 e. The SMILES string of the molecule is COCCN1C[C@@H](N)[C@H](C2=C/C=C\C=C/C=C2)C1. The van der Waals surface area contributed by atoms with Gasteiger partial charge in [-0.1, -0.05) is 42.5 Å². The van der Waals surface area contributed by atoms with E-state index in [1.54, 1.807) is 7.11 Å². The highest BCUT2D eigenvalue weighted by molar-refractivity contribution is 5.34. The Balaban J connectivity index is 2.00. The van der Waals surface area contributed by atoms with Crippen LogP contribution < -0.4 is 5.73 Å². The van der Waals surface area contributed by atoms with Crippen LogP contribution in [0.25, 0.3) is 0 Å².